The average molecular weight is 210 g/mol. The molecule has 1 aromatic carbocycles. The van der Waals surface area contributed by atoms with Crippen LogP contribution < -0.4 is 9.47 Å². The summed E-state index contributed by atoms with van der Waals surface area (Å²) in [6.07, 6.45) is -0.532. The van der Waals surface area contributed by atoms with Gasteiger partial charge in [-0.3, -0.25) is 0 Å². The molecule has 1 N–H and O–H groups in total. The second-order valence-corrected chi connectivity index (χ2v) is 3.77. The first-order chi connectivity index (χ1) is 7.11. The van der Waals surface area contributed by atoms with Gasteiger partial charge in [0.05, 0.1) is 20.3 Å². The summed E-state index contributed by atoms with van der Waals surface area (Å²) in [6.45, 7) is 3.92. The third-order valence-electron chi connectivity index (χ3n) is 2.38. The van der Waals surface area contributed by atoms with Crippen LogP contribution in [0.3, 0.4) is 0 Å². The lowest BCUT2D eigenvalue weighted by Gasteiger charge is -2.19. The van der Waals surface area contributed by atoms with Gasteiger partial charge in [0.15, 0.2) is 11.5 Å². The second-order valence-electron chi connectivity index (χ2n) is 3.77. The summed E-state index contributed by atoms with van der Waals surface area (Å²) in [5.74, 6) is 1.40. The minimum atomic E-state index is -0.532. The van der Waals surface area contributed by atoms with Crippen LogP contribution in [-0.4, -0.2) is 19.3 Å². The van der Waals surface area contributed by atoms with Gasteiger partial charge in [0, 0.05) is 5.56 Å². The Morgan fingerprint density at radius 2 is 1.80 bits per heavy atom. The Balaban J connectivity index is 3.16. The fourth-order valence-corrected chi connectivity index (χ4v) is 1.50. The Hall–Kier alpha value is -1.22. The summed E-state index contributed by atoms with van der Waals surface area (Å²) in [7, 11) is 3.16. The Kier molecular flexibility index (Phi) is 3.97. The highest BCUT2D eigenvalue weighted by Gasteiger charge is 2.19. The maximum atomic E-state index is 9.99. The Morgan fingerprint density at radius 1 is 1.13 bits per heavy atom. The molecule has 0 bridgehead atoms. The Labute approximate surface area is 90.6 Å². The predicted molar refractivity (Wildman–Crippen MR) is 59.3 cm³/mol. The number of ether oxygens (including phenoxy) is 2. The molecule has 0 saturated carbocycles. The predicted octanol–water partition coefficient (Wildman–Crippen LogP) is 2.39. The van der Waals surface area contributed by atoms with Crippen LogP contribution in [0.15, 0.2) is 18.2 Å². The molecule has 0 saturated heterocycles. The SMILES string of the molecule is COc1cccc([C@@H](O)C(C)C)c1OC. The molecule has 0 fully saturated rings. The number of hydrogen-bond acceptors (Lipinski definition) is 3. The van der Waals surface area contributed by atoms with E-state index in [4.69, 9.17) is 9.47 Å². The van der Waals surface area contributed by atoms with E-state index in [1.807, 2.05) is 32.0 Å². The molecule has 0 amide bonds. The standard InChI is InChI=1S/C12H18O3/c1-8(2)11(13)9-6-5-7-10(14-3)12(9)15-4/h5-8,11,13H,1-4H3/t11-/m0/s1. The summed E-state index contributed by atoms with van der Waals surface area (Å²) < 4.78 is 10.4. The third-order valence-corrected chi connectivity index (χ3v) is 2.38. The van der Waals surface area contributed by atoms with Gasteiger partial charge in [0.25, 0.3) is 0 Å². The molecule has 1 atom stereocenters. The number of benzene rings is 1. The van der Waals surface area contributed by atoms with Crippen LogP contribution in [0, 0.1) is 5.92 Å². The largest absolute Gasteiger partial charge is 0.493 e. The number of hydrogen-bond donors (Lipinski definition) is 1. The van der Waals surface area contributed by atoms with Crippen molar-refractivity contribution in [2.24, 2.45) is 5.92 Å². The molecule has 15 heavy (non-hydrogen) atoms. The van der Waals surface area contributed by atoms with Crippen molar-refractivity contribution in [3.05, 3.63) is 23.8 Å². The number of aliphatic hydroxyl groups is 1. The molecule has 0 aliphatic heterocycles. The zero-order chi connectivity index (χ0) is 11.4. The lowest BCUT2D eigenvalue weighted by atomic mass is 9.98. The van der Waals surface area contributed by atoms with Crippen molar-refractivity contribution < 1.29 is 14.6 Å². The number of para-hydroxylation sites is 1. The van der Waals surface area contributed by atoms with E-state index in [1.165, 1.54) is 0 Å². The minimum Gasteiger partial charge on any atom is -0.493 e. The third kappa shape index (κ3) is 2.42. The molecule has 0 aliphatic carbocycles. The highest BCUT2D eigenvalue weighted by atomic mass is 16.5. The number of rotatable bonds is 4. The smallest absolute Gasteiger partial charge is 0.166 e. The van der Waals surface area contributed by atoms with E-state index in [-0.39, 0.29) is 5.92 Å². The van der Waals surface area contributed by atoms with Gasteiger partial charge in [-0.25, -0.2) is 0 Å². The van der Waals surface area contributed by atoms with Crippen LogP contribution in [-0.2, 0) is 0 Å². The summed E-state index contributed by atoms with van der Waals surface area (Å²) >= 11 is 0. The molecule has 0 radical (unpaired) electrons. The van der Waals surface area contributed by atoms with E-state index in [0.717, 1.165) is 5.56 Å². The summed E-state index contributed by atoms with van der Waals surface area (Å²) in [6, 6.07) is 5.52. The summed E-state index contributed by atoms with van der Waals surface area (Å²) in [5.41, 5.74) is 0.770. The number of methoxy groups -OCH3 is 2. The van der Waals surface area contributed by atoms with E-state index in [2.05, 4.69) is 0 Å². The topological polar surface area (TPSA) is 38.7 Å². The lowest BCUT2D eigenvalue weighted by Crippen LogP contribution is -2.07. The number of aliphatic hydroxyl groups excluding tert-OH is 1. The fraction of sp³-hybridized carbons (Fsp3) is 0.500. The minimum absolute atomic E-state index is 0.144. The first-order valence-corrected chi connectivity index (χ1v) is 5.00. The Morgan fingerprint density at radius 3 is 2.27 bits per heavy atom. The van der Waals surface area contributed by atoms with Gasteiger partial charge in [0.1, 0.15) is 0 Å². The molecule has 0 aliphatic rings. The van der Waals surface area contributed by atoms with Gasteiger partial charge in [-0.05, 0) is 12.0 Å². The van der Waals surface area contributed by atoms with Crippen molar-refractivity contribution in [2.75, 3.05) is 14.2 Å². The van der Waals surface area contributed by atoms with Crippen LogP contribution in [0.4, 0.5) is 0 Å². The Bertz CT molecular complexity index is 321. The first-order valence-electron chi connectivity index (χ1n) is 5.00. The van der Waals surface area contributed by atoms with Crippen molar-refractivity contribution in [3.63, 3.8) is 0 Å². The van der Waals surface area contributed by atoms with E-state index >= 15 is 0 Å². The van der Waals surface area contributed by atoms with Crippen LogP contribution in [0.5, 0.6) is 11.5 Å². The van der Waals surface area contributed by atoms with E-state index in [0.29, 0.717) is 11.5 Å². The van der Waals surface area contributed by atoms with Gasteiger partial charge < -0.3 is 14.6 Å². The summed E-state index contributed by atoms with van der Waals surface area (Å²) in [4.78, 5) is 0. The molecule has 0 unspecified atom stereocenters. The molecule has 84 valence electrons. The molecular weight excluding hydrogens is 192 g/mol. The van der Waals surface area contributed by atoms with E-state index < -0.39 is 6.10 Å². The molecule has 1 aromatic rings. The van der Waals surface area contributed by atoms with Crippen molar-refractivity contribution >= 4 is 0 Å². The van der Waals surface area contributed by atoms with Crippen molar-refractivity contribution in [1.82, 2.24) is 0 Å². The monoisotopic (exact) mass is 210 g/mol. The molecule has 0 spiro atoms. The van der Waals surface area contributed by atoms with Gasteiger partial charge in [-0.2, -0.15) is 0 Å². The molecule has 0 aromatic heterocycles. The molecular formula is C12H18O3. The maximum Gasteiger partial charge on any atom is 0.166 e. The summed E-state index contributed by atoms with van der Waals surface area (Å²) in [5, 5.41) is 9.99. The van der Waals surface area contributed by atoms with E-state index in [9.17, 15) is 5.11 Å². The second kappa shape index (κ2) is 5.03. The van der Waals surface area contributed by atoms with Gasteiger partial charge in [0.2, 0.25) is 0 Å². The van der Waals surface area contributed by atoms with Gasteiger partial charge in [-0.1, -0.05) is 26.0 Å². The fourth-order valence-electron chi connectivity index (χ4n) is 1.50. The van der Waals surface area contributed by atoms with Crippen LogP contribution in [0.25, 0.3) is 0 Å². The zero-order valence-electron chi connectivity index (χ0n) is 9.65. The van der Waals surface area contributed by atoms with Crippen molar-refractivity contribution in [1.29, 1.82) is 0 Å². The lowest BCUT2D eigenvalue weighted by molar-refractivity contribution is 0.123. The quantitative estimate of drug-likeness (QED) is 0.829. The van der Waals surface area contributed by atoms with Crippen LogP contribution in [0.2, 0.25) is 0 Å². The molecule has 1 rings (SSSR count). The maximum absolute atomic E-state index is 9.99. The van der Waals surface area contributed by atoms with Crippen LogP contribution in [0.1, 0.15) is 25.5 Å². The van der Waals surface area contributed by atoms with E-state index in [1.54, 1.807) is 14.2 Å². The first kappa shape index (κ1) is 11.9. The molecule has 3 heteroatoms. The van der Waals surface area contributed by atoms with Gasteiger partial charge in [-0.15, -0.1) is 0 Å². The van der Waals surface area contributed by atoms with Crippen LogP contribution >= 0.6 is 0 Å². The molecule has 3 nitrogen and oxygen atoms in total. The molecule has 0 heterocycles. The van der Waals surface area contributed by atoms with Crippen molar-refractivity contribution in [2.45, 2.75) is 20.0 Å². The highest BCUT2D eigenvalue weighted by Crippen LogP contribution is 2.36. The normalized spacial score (nSPS) is 12.7. The van der Waals surface area contributed by atoms with Crippen molar-refractivity contribution in [3.8, 4) is 11.5 Å². The zero-order valence-corrected chi connectivity index (χ0v) is 9.65. The van der Waals surface area contributed by atoms with Gasteiger partial charge >= 0.3 is 0 Å². The highest BCUT2D eigenvalue weighted by molar-refractivity contribution is 5.47. The average Bonchev–Trinajstić information content (AvgIpc) is 2.26.